The summed E-state index contributed by atoms with van der Waals surface area (Å²) in [4.78, 5) is 36.2. The van der Waals surface area contributed by atoms with Crippen molar-refractivity contribution in [3.8, 4) is 0 Å². The Morgan fingerprint density at radius 1 is 1.32 bits per heavy atom. The highest BCUT2D eigenvalue weighted by Crippen LogP contribution is 2.34. The van der Waals surface area contributed by atoms with E-state index in [2.05, 4.69) is 24.4 Å². The molecule has 5 heteroatoms. The number of methoxy groups -OCH3 is 1. The first-order valence-corrected chi connectivity index (χ1v) is 9.49. The summed E-state index contributed by atoms with van der Waals surface area (Å²) >= 11 is 0. The van der Waals surface area contributed by atoms with Crippen LogP contribution in [0, 0.1) is 17.8 Å². The maximum Gasteiger partial charge on any atom is 0.328 e. The highest BCUT2D eigenvalue weighted by molar-refractivity contribution is 5.85. The zero-order valence-electron chi connectivity index (χ0n) is 16.0. The third-order valence-electron chi connectivity index (χ3n) is 5.26. The van der Waals surface area contributed by atoms with Crippen LogP contribution in [0.4, 0.5) is 0 Å². The number of Topliss-reactive ketones (excluding diaryl/α,β-unsaturated/α-hetero) is 1. The van der Waals surface area contributed by atoms with Crippen LogP contribution in [0.1, 0.15) is 65.7 Å². The minimum atomic E-state index is -0.601. The Balaban J connectivity index is 2.54. The first-order valence-electron chi connectivity index (χ1n) is 9.49. The number of ether oxygens (including phenoxy) is 1. The molecular weight excluding hydrogens is 318 g/mol. The minimum Gasteiger partial charge on any atom is -0.467 e. The minimum absolute atomic E-state index is 0.0244. The molecule has 142 valence electrons. The first-order chi connectivity index (χ1) is 11.9. The second kappa shape index (κ2) is 11.1. The third-order valence-corrected chi connectivity index (χ3v) is 5.26. The number of amides is 1. The van der Waals surface area contributed by atoms with Crippen molar-refractivity contribution < 1.29 is 19.1 Å². The number of esters is 1. The molecule has 1 fully saturated rings. The van der Waals surface area contributed by atoms with E-state index in [0.717, 1.165) is 25.7 Å². The second-order valence-electron chi connectivity index (χ2n) is 6.98. The lowest BCUT2D eigenvalue weighted by Gasteiger charge is -2.22. The second-order valence-corrected chi connectivity index (χ2v) is 6.98. The number of hydrogen-bond donors (Lipinski definition) is 1. The van der Waals surface area contributed by atoms with Crippen LogP contribution >= 0.6 is 0 Å². The lowest BCUT2D eigenvalue weighted by molar-refractivity contribution is -0.146. The molecule has 0 aromatic carbocycles. The molecule has 1 amide bonds. The number of hydrogen-bond acceptors (Lipinski definition) is 4. The van der Waals surface area contributed by atoms with Gasteiger partial charge in [-0.2, -0.15) is 0 Å². The van der Waals surface area contributed by atoms with E-state index in [-0.39, 0.29) is 23.7 Å². The van der Waals surface area contributed by atoms with Gasteiger partial charge in [0.2, 0.25) is 5.91 Å². The van der Waals surface area contributed by atoms with Crippen LogP contribution in [0.25, 0.3) is 0 Å². The Labute approximate surface area is 151 Å². The average Bonchev–Trinajstić information content (AvgIpc) is 2.96. The zero-order valence-corrected chi connectivity index (χ0v) is 16.0. The molecule has 0 heterocycles. The molecule has 0 radical (unpaired) electrons. The molecule has 2 unspecified atom stereocenters. The van der Waals surface area contributed by atoms with Crippen LogP contribution in [0.5, 0.6) is 0 Å². The van der Waals surface area contributed by atoms with Gasteiger partial charge in [-0.05, 0) is 37.5 Å². The molecule has 25 heavy (non-hydrogen) atoms. The standard InChI is InChI=1S/C20H33NO4/c1-5-7-8-9-16-15(10-12-17(16)22)11-13-18(23)21-19(14(3)6-2)20(24)25-4/h7-8,14-16,19H,5-6,9-13H2,1-4H3,(H,21,23)/b8-7-/t14?,15-,16-,19?/m0/s1. The molecule has 0 bridgehead atoms. The van der Waals surface area contributed by atoms with E-state index in [0.29, 0.717) is 25.0 Å². The van der Waals surface area contributed by atoms with Gasteiger partial charge in [0.05, 0.1) is 7.11 Å². The largest absolute Gasteiger partial charge is 0.467 e. The lowest BCUT2D eigenvalue weighted by atomic mass is 9.88. The number of allylic oxidation sites excluding steroid dienone is 2. The molecule has 1 aliphatic carbocycles. The number of nitrogens with one attached hydrogen (secondary N) is 1. The van der Waals surface area contributed by atoms with E-state index < -0.39 is 12.0 Å². The van der Waals surface area contributed by atoms with Crippen molar-refractivity contribution in [2.75, 3.05) is 7.11 Å². The summed E-state index contributed by atoms with van der Waals surface area (Å²) in [6.07, 6.45) is 9.21. The average molecular weight is 351 g/mol. The molecule has 5 nitrogen and oxygen atoms in total. The monoisotopic (exact) mass is 351 g/mol. The maximum atomic E-state index is 12.3. The van der Waals surface area contributed by atoms with Crippen LogP contribution in [0.3, 0.4) is 0 Å². The van der Waals surface area contributed by atoms with Gasteiger partial charge in [-0.3, -0.25) is 9.59 Å². The van der Waals surface area contributed by atoms with Gasteiger partial charge in [0, 0.05) is 18.8 Å². The van der Waals surface area contributed by atoms with E-state index in [1.807, 2.05) is 13.8 Å². The maximum absolute atomic E-state index is 12.3. The van der Waals surface area contributed by atoms with Crippen molar-refractivity contribution in [3.05, 3.63) is 12.2 Å². The summed E-state index contributed by atoms with van der Waals surface area (Å²) in [5, 5.41) is 2.81. The summed E-state index contributed by atoms with van der Waals surface area (Å²) < 4.78 is 4.79. The number of ketones is 1. The van der Waals surface area contributed by atoms with Gasteiger partial charge in [0.25, 0.3) is 0 Å². The molecule has 1 saturated carbocycles. The molecular formula is C20H33NO4. The molecule has 0 spiro atoms. The number of rotatable bonds is 10. The molecule has 1 aliphatic rings. The van der Waals surface area contributed by atoms with Gasteiger partial charge in [-0.25, -0.2) is 4.79 Å². The van der Waals surface area contributed by atoms with Crippen molar-refractivity contribution in [1.29, 1.82) is 0 Å². The van der Waals surface area contributed by atoms with E-state index in [1.54, 1.807) is 0 Å². The van der Waals surface area contributed by atoms with E-state index >= 15 is 0 Å². The number of carbonyl (C=O) groups excluding carboxylic acids is 3. The Bertz CT molecular complexity index is 486. The highest BCUT2D eigenvalue weighted by atomic mass is 16.5. The third kappa shape index (κ3) is 6.63. The summed E-state index contributed by atoms with van der Waals surface area (Å²) in [5.74, 6) is 0.107. The van der Waals surface area contributed by atoms with E-state index in [1.165, 1.54) is 7.11 Å². The van der Waals surface area contributed by atoms with Gasteiger partial charge in [0.1, 0.15) is 11.8 Å². The molecule has 0 saturated heterocycles. The van der Waals surface area contributed by atoms with Crippen molar-refractivity contribution in [2.45, 2.75) is 71.8 Å². The van der Waals surface area contributed by atoms with Crippen LogP contribution in [-0.2, 0) is 19.1 Å². The fourth-order valence-corrected chi connectivity index (χ4v) is 3.41. The molecule has 0 aromatic rings. The SMILES string of the molecule is CC/C=C\C[C@@H]1C(=O)CC[C@H]1CCC(=O)NC(C(=O)OC)C(C)CC. The van der Waals surface area contributed by atoms with Gasteiger partial charge in [-0.1, -0.05) is 39.3 Å². The van der Waals surface area contributed by atoms with Crippen LogP contribution < -0.4 is 5.32 Å². The van der Waals surface area contributed by atoms with Gasteiger partial charge in [-0.15, -0.1) is 0 Å². The van der Waals surface area contributed by atoms with Crippen molar-refractivity contribution in [1.82, 2.24) is 5.32 Å². The van der Waals surface area contributed by atoms with Crippen LogP contribution in [-0.4, -0.2) is 30.8 Å². The fraction of sp³-hybridized carbons (Fsp3) is 0.750. The lowest BCUT2D eigenvalue weighted by Crippen LogP contribution is -2.45. The van der Waals surface area contributed by atoms with Gasteiger partial charge < -0.3 is 10.1 Å². The van der Waals surface area contributed by atoms with E-state index in [4.69, 9.17) is 4.74 Å². The fourth-order valence-electron chi connectivity index (χ4n) is 3.41. The summed E-state index contributed by atoms with van der Waals surface area (Å²) in [6, 6.07) is -0.601. The topological polar surface area (TPSA) is 72.5 Å². The first kappa shape index (κ1) is 21.4. The normalized spacial score (nSPS) is 22.8. The molecule has 0 aliphatic heterocycles. The highest BCUT2D eigenvalue weighted by Gasteiger charge is 2.34. The molecule has 4 atom stereocenters. The van der Waals surface area contributed by atoms with Crippen molar-refractivity contribution in [3.63, 3.8) is 0 Å². The Morgan fingerprint density at radius 3 is 2.64 bits per heavy atom. The smallest absolute Gasteiger partial charge is 0.328 e. The van der Waals surface area contributed by atoms with Crippen LogP contribution in [0.15, 0.2) is 12.2 Å². The predicted molar refractivity (Wildman–Crippen MR) is 97.9 cm³/mol. The molecule has 1 N–H and O–H groups in total. The Hall–Kier alpha value is -1.65. The quantitative estimate of drug-likeness (QED) is 0.483. The Kier molecular flexibility index (Phi) is 9.46. The van der Waals surface area contributed by atoms with Crippen LogP contribution in [0.2, 0.25) is 0 Å². The van der Waals surface area contributed by atoms with E-state index in [9.17, 15) is 14.4 Å². The predicted octanol–water partition coefficient (Wildman–Crippen LogP) is 3.42. The van der Waals surface area contributed by atoms with Gasteiger partial charge >= 0.3 is 5.97 Å². The molecule has 0 aromatic heterocycles. The van der Waals surface area contributed by atoms with Crippen molar-refractivity contribution in [2.24, 2.45) is 17.8 Å². The summed E-state index contributed by atoms with van der Waals surface area (Å²) in [6.45, 7) is 5.97. The van der Waals surface area contributed by atoms with Crippen molar-refractivity contribution >= 4 is 17.7 Å². The summed E-state index contributed by atoms with van der Waals surface area (Å²) in [7, 11) is 1.34. The Morgan fingerprint density at radius 2 is 2.04 bits per heavy atom. The molecule has 1 rings (SSSR count). The summed E-state index contributed by atoms with van der Waals surface area (Å²) in [5.41, 5.74) is 0. The number of carbonyl (C=O) groups is 3. The van der Waals surface area contributed by atoms with Gasteiger partial charge in [0.15, 0.2) is 0 Å². The zero-order chi connectivity index (χ0) is 18.8.